The summed E-state index contributed by atoms with van der Waals surface area (Å²) in [6.07, 6.45) is 6.04. The summed E-state index contributed by atoms with van der Waals surface area (Å²) in [5.41, 5.74) is 0. The molecule has 0 radical (unpaired) electrons. The lowest BCUT2D eigenvalue weighted by Crippen LogP contribution is -2.34. The lowest BCUT2D eigenvalue weighted by Gasteiger charge is -2.26. The Kier molecular flexibility index (Phi) is 6.65. The summed E-state index contributed by atoms with van der Waals surface area (Å²) in [7, 11) is 0. The molecule has 3 heteroatoms. The molecule has 0 aromatic rings. The van der Waals surface area contributed by atoms with Crippen molar-refractivity contribution in [1.29, 1.82) is 0 Å². The smallest absolute Gasteiger partial charge is 0.0468 e. The zero-order chi connectivity index (χ0) is 10.2. The Morgan fingerprint density at radius 3 is 2.71 bits per heavy atom. The summed E-state index contributed by atoms with van der Waals surface area (Å²) in [6, 6.07) is 0.707. The van der Waals surface area contributed by atoms with E-state index in [-0.39, 0.29) is 0 Å². The molecule has 0 aromatic carbocycles. The second kappa shape index (κ2) is 7.55. The van der Waals surface area contributed by atoms with E-state index in [0.717, 1.165) is 25.7 Å². The lowest BCUT2D eigenvalue weighted by atomic mass is 9.93. The molecule has 0 saturated carbocycles. The molecule has 0 amide bonds. The minimum Gasteiger partial charge on any atom is -0.381 e. The van der Waals surface area contributed by atoms with Crippen molar-refractivity contribution in [3.63, 3.8) is 0 Å². The molecule has 1 aliphatic rings. The fraction of sp³-hybridized carbons (Fsp3) is 1.00. The first-order valence-electron chi connectivity index (χ1n) is 5.66. The van der Waals surface area contributed by atoms with Gasteiger partial charge in [0.25, 0.3) is 0 Å². The van der Waals surface area contributed by atoms with Crippen molar-refractivity contribution in [2.24, 2.45) is 5.92 Å². The van der Waals surface area contributed by atoms with Gasteiger partial charge in [-0.3, -0.25) is 0 Å². The van der Waals surface area contributed by atoms with Crippen molar-refractivity contribution in [2.45, 2.75) is 32.2 Å². The zero-order valence-corrected chi connectivity index (χ0v) is 10.2. The monoisotopic (exact) mass is 217 g/mol. The minimum atomic E-state index is 0.707. The first kappa shape index (κ1) is 12.3. The van der Waals surface area contributed by atoms with Crippen molar-refractivity contribution in [3.05, 3.63) is 0 Å². The average Bonchev–Trinajstić information content (AvgIpc) is 2.20. The van der Waals surface area contributed by atoms with Gasteiger partial charge < -0.3 is 10.1 Å². The molecule has 1 fully saturated rings. The molecule has 1 rings (SSSR count). The summed E-state index contributed by atoms with van der Waals surface area (Å²) in [6.45, 7) is 5.23. The quantitative estimate of drug-likeness (QED) is 0.736. The summed E-state index contributed by atoms with van der Waals surface area (Å²) in [4.78, 5) is 0. The number of nitrogens with one attached hydrogen (secondary N) is 1. The van der Waals surface area contributed by atoms with Gasteiger partial charge >= 0.3 is 0 Å². The SMILES string of the molecule is CCNC(CSC)CC1CCOCC1. The van der Waals surface area contributed by atoms with Gasteiger partial charge in [0.05, 0.1) is 0 Å². The van der Waals surface area contributed by atoms with Crippen molar-refractivity contribution in [1.82, 2.24) is 5.32 Å². The van der Waals surface area contributed by atoms with E-state index in [1.54, 1.807) is 0 Å². The van der Waals surface area contributed by atoms with Crippen LogP contribution in [-0.2, 0) is 4.74 Å². The van der Waals surface area contributed by atoms with Crippen LogP contribution in [-0.4, -0.2) is 37.8 Å². The molecule has 1 heterocycles. The van der Waals surface area contributed by atoms with Crippen LogP contribution in [0.5, 0.6) is 0 Å². The van der Waals surface area contributed by atoms with Crippen LogP contribution in [0.1, 0.15) is 26.2 Å². The van der Waals surface area contributed by atoms with Crippen LogP contribution in [0.2, 0.25) is 0 Å². The topological polar surface area (TPSA) is 21.3 Å². The van der Waals surface area contributed by atoms with Gasteiger partial charge in [-0.05, 0) is 38.0 Å². The summed E-state index contributed by atoms with van der Waals surface area (Å²) in [5, 5.41) is 3.57. The maximum atomic E-state index is 5.38. The molecule has 14 heavy (non-hydrogen) atoms. The summed E-state index contributed by atoms with van der Waals surface area (Å²) in [5.74, 6) is 2.13. The van der Waals surface area contributed by atoms with Crippen molar-refractivity contribution in [2.75, 3.05) is 31.8 Å². The number of ether oxygens (including phenoxy) is 1. The Morgan fingerprint density at radius 2 is 2.14 bits per heavy atom. The van der Waals surface area contributed by atoms with Crippen LogP contribution in [0.25, 0.3) is 0 Å². The number of hydrogen-bond donors (Lipinski definition) is 1. The van der Waals surface area contributed by atoms with Gasteiger partial charge in [-0.15, -0.1) is 0 Å². The molecule has 1 aliphatic heterocycles. The first-order chi connectivity index (χ1) is 6.86. The Morgan fingerprint density at radius 1 is 1.43 bits per heavy atom. The lowest BCUT2D eigenvalue weighted by molar-refractivity contribution is 0.0614. The minimum absolute atomic E-state index is 0.707. The average molecular weight is 217 g/mol. The number of thioether (sulfide) groups is 1. The van der Waals surface area contributed by atoms with Crippen LogP contribution >= 0.6 is 11.8 Å². The van der Waals surface area contributed by atoms with Crippen LogP contribution < -0.4 is 5.32 Å². The maximum Gasteiger partial charge on any atom is 0.0468 e. The molecule has 84 valence electrons. The largest absolute Gasteiger partial charge is 0.381 e. The molecule has 0 spiro atoms. The van der Waals surface area contributed by atoms with Gasteiger partial charge in [0, 0.05) is 25.0 Å². The number of rotatable bonds is 6. The van der Waals surface area contributed by atoms with Crippen molar-refractivity contribution >= 4 is 11.8 Å². The second-order valence-electron chi connectivity index (χ2n) is 4.00. The molecule has 1 saturated heterocycles. The Balaban J connectivity index is 2.21. The van der Waals surface area contributed by atoms with Gasteiger partial charge in [-0.25, -0.2) is 0 Å². The van der Waals surface area contributed by atoms with Crippen molar-refractivity contribution < 1.29 is 4.74 Å². The van der Waals surface area contributed by atoms with E-state index < -0.39 is 0 Å². The first-order valence-corrected chi connectivity index (χ1v) is 7.06. The van der Waals surface area contributed by atoms with E-state index >= 15 is 0 Å². The molecule has 0 bridgehead atoms. The van der Waals surface area contributed by atoms with E-state index in [1.807, 2.05) is 11.8 Å². The molecule has 0 aromatic heterocycles. The molecule has 1 N–H and O–H groups in total. The fourth-order valence-electron chi connectivity index (χ4n) is 2.08. The molecule has 1 unspecified atom stereocenters. The predicted octanol–water partition coefficient (Wildman–Crippen LogP) is 2.14. The Hall–Kier alpha value is 0.270. The molecular formula is C11H23NOS. The standard InChI is InChI=1S/C11H23NOS/c1-3-12-11(9-14-2)8-10-4-6-13-7-5-10/h10-12H,3-9H2,1-2H3. The van der Waals surface area contributed by atoms with Gasteiger partial charge in [0.1, 0.15) is 0 Å². The third kappa shape index (κ3) is 4.67. The Bertz CT molecular complexity index is 131. The molecule has 1 atom stereocenters. The van der Waals surface area contributed by atoms with E-state index in [1.165, 1.54) is 25.0 Å². The molecule has 0 aliphatic carbocycles. The molecule has 2 nitrogen and oxygen atoms in total. The fourth-order valence-corrected chi connectivity index (χ4v) is 2.74. The van der Waals surface area contributed by atoms with E-state index in [4.69, 9.17) is 4.74 Å². The van der Waals surface area contributed by atoms with Gasteiger partial charge in [-0.2, -0.15) is 11.8 Å². The highest BCUT2D eigenvalue weighted by Gasteiger charge is 2.18. The highest BCUT2D eigenvalue weighted by atomic mass is 32.2. The predicted molar refractivity (Wildman–Crippen MR) is 64.0 cm³/mol. The molecular weight excluding hydrogens is 194 g/mol. The highest BCUT2D eigenvalue weighted by molar-refractivity contribution is 7.98. The van der Waals surface area contributed by atoms with Gasteiger partial charge in [-0.1, -0.05) is 6.92 Å². The van der Waals surface area contributed by atoms with E-state index in [2.05, 4.69) is 18.5 Å². The van der Waals surface area contributed by atoms with Crippen LogP contribution in [0.3, 0.4) is 0 Å². The van der Waals surface area contributed by atoms with Crippen LogP contribution in [0.4, 0.5) is 0 Å². The Labute approximate surface area is 92.2 Å². The summed E-state index contributed by atoms with van der Waals surface area (Å²) >= 11 is 1.94. The second-order valence-corrected chi connectivity index (χ2v) is 4.91. The maximum absolute atomic E-state index is 5.38. The van der Waals surface area contributed by atoms with Crippen LogP contribution in [0.15, 0.2) is 0 Å². The summed E-state index contributed by atoms with van der Waals surface area (Å²) < 4.78 is 5.38. The van der Waals surface area contributed by atoms with Crippen LogP contribution in [0, 0.1) is 5.92 Å². The van der Waals surface area contributed by atoms with E-state index in [9.17, 15) is 0 Å². The third-order valence-corrected chi connectivity index (χ3v) is 3.56. The van der Waals surface area contributed by atoms with Gasteiger partial charge in [0.15, 0.2) is 0 Å². The van der Waals surface area contributed by atoms with E-state index in [0.29, 0.717) is 6.04 Å². The third-order valence-electron chi connectivity index (χ3n) is 2.82. The normalized spacial score (nSPS) is 21.0. The van der Waals surface area contributed by atoms with Crippen molar-refractivity contribution in [3.8, 4) is 0 Å². The van der Waals surface area contributed by atoms with Gasteiger partial charge in [0.2, 0.25) is 0 Å². The highest BCUT2D eigenvalue weighted by Crippen LogP contribution is 2.21. The number of hydrogen-bond acceptors (Lipinski definition) is 3. The zero-order valence-electron chi connectivity index (χ0n) is 9.42.